The normalized spacial score (nSPS) is 22.8. The number of nitrogens with zero attached hydrogens (tertiary/aromatic N) is 2. The van der Waals surface area contributed by atoms with Crippen LogP contribution in [-0.2, 0) is 10.8 Å². The maximum absolute atomic E-state index is 7.25. The number of hydrogen-bond acceptors (Lipinski definition) is 3. The molecule has 17 rings (SSSR count). The van der Waals surface area contributed by atoms with Crippen molar-refractivity contribution in [1.82, 2.24) is 4.57 Å². The first-order chi connectivity index (χ1) is 33.9. The summed E-state index contributed by atoms with van der Waals surface area (Å²) in [5.41, 5.74) is 22.3. The van der Waals surface area contributed by atoms with E-state index in [9.17, 15) is 0 Å². The Balaban J connectivity index is 1.03. The SMILES string of the molecule is CC1(c2ccc3c(c2)c2cc(C4(C)CC=C5CC5C4)cc4c2n3-c2c3c(cc5c2oc2ccccc25)-c2cc5c(cc2N(c2ccc(-c6ccccc6)cc2)B34)sc2ccccc25)CC=C2CC2C1. The highest BCUT2D eigenvalue weighted by molar-refractivity contribution is 7.25. The second-order valence-corrected chi connectivity index (χ2v) is 23.2. The summed E-state index contributed by atoms with van der Waals surface area (Å²) >= 11 is 1.92. The van der Waals surface area contributed by atoms with Gasteiger partial charge in [0.25, 0.3) is 0 Å². The number of thiophene rings is 1. The van der Waals surface area contributed by atoms with Crippen LogP contribution in [0.15, 0.2) is 179 Å². The second kappa shape index (κ2) is 13.0. The number of benzene rings is 8. The van der Waals surface area contributed by atoms with Crippen LogP contribution >= 0.6 is 11.3 Å². The fraction of sp³-hybridized carbons (Fsp3) is 0.188. The maximum Gasteiger partial charge on any atom is 0.333 e. The third-order valence-electron chi connectivity index (χ3n) is 18.0. The van der Waals surface area contributed by atoms with Crippen molar-refractivity contribution in [2.24, 2.45) is 11.8 Å². The largest absolute Gasteiger partial charge is 0.454 e. The van der Waals surface area contributed by atoms with Crippen LogP contribution in [0.25, 0.3) is 91.9 Å². The van der Waals surface area contributed by atoms with Gasteiger partial charge in [0.05, 0.1) is 16.7 Å². The zero-order valence-corrected chi connectivity index (χ0v) is 39.6. The van der Waals surface area contributed by atoms with Crippen LogP contribution < -0.4 is 15.7 Å². The molecule has 4 atom stereocenters. The number of para-hydroxylation sites is 1. The van der Waals surface area contributed by atoms with Gasteiger partial charge < -0.3 is 13.8 Å². The van der Waals surface area contributed by atoms with Gasteiger partial charge in [0, 0.05) is 58.7 Å². The molecule has 8 aromatic carbocycles. The number of fused-ring (bicyclic) bond motifs is 16. The van der Waals surface area contributed by atoms with Gasteiger partial charge in [0.1, 0.15) is 5.58 Å². The molecule has 0 bridgehead atoms. The molecule has 4 aliphatic carbocycles. The lowest BCUT2D eigenvalue weighted by Crippen LogP contribution is -2.60. The van der Waals surface area contributed by atoms with E-state index in [1.54, 1.807) is 11.1 Å². The average Bonchev–Trinajstić information content (AvgIpc) is 4.23. The molecule has 2 fully saturated rings. The molecule has 11 aromatic rings. The molecule has 5 heterocycles. The lowest BCUT2D eigenvalue weighted by Gasteiger charge is -2.43. The summed E-state index contributed by atoms with van der Waals surface area (Å²) in [6, 6.07) is 58.4. The predicted molar refractivity (Wildman–Crippen MR) is 291 cm³/mol. The number of allylic oxidation sites excluding steroid dienone is 4. The van der Waals surface area contributed by atoms with E-state index in [2.05, 4.69) is 187 Å². The quantitative estimate of drug-likeness (QED) is 0.130. The molecule has 328 valence electrons. The fourth-order valence-corrected chi connectivity index (χ4v) is 15.3. The van der Waals surface area contributed by atoms with Crippen molar-refractivity contribution in [1.29, 1.82) is 0 Å². The van der Waals surface area contributed by atoms with Crippen LogP contribution in [-0.4, -0.2) is 11.4 Å². The first kappa shape index (κ1) is 37.9. The molecule has 4 unspecified atom stereocenters. The van der Waals surface area contributed by atoms with Gasteiger partial charge in [0.15, 0.2) is 5.58 Å². The molecule has 3 aromatic heterocycles. The molecule has 6 aliphatic rings. The molecule has 0 saturated heterocycles. The van der Waals surface area contributed by atoms with Crippen LogP contribution in [0.5, 0.6) is 0 Å². The number of rotatable bonds is 4. The Hall–Kier alpha value is -7.08. The third kappa shape index (κ3) is 5.09. The Kier molecular flexibility index (Phi) is 7.11. The lowest BCUT2D eigenvalue weighted by atomic mass is 9.43. The van der Waals surface area contributed by atoms with Gasteiger partial charge in [-0.2, -0.15) is 0 Å². The second-order valence-electron chi connectivity index (χ2n) is 22.1. The van der Waals surface area contributed by atoms with E-state index in [4.69, 9.17) is 4.42 Å². The number of hydrogen-bond donors (Lipinski definition) is 0. The molecule has 0 amide bonds. The Labute approximate surface area is 405 Å². The average molecular weight is 903 g/mol. The Morgan fingerprint density at radius 3 is 2.07 bits per heavy atom. The molecule has 5 heteroatoms. The first-order valence-electron chi connectivity index (χ1n) is 25.3. The summed E-state index contributed by atoms with van der Waals surface area (Å²) in [6.07, 6.45) is 12.4. The smallest absolute Gasteiger partial charge is 0.333 e. The highest BCUT2D eigenvalue weighted by Crippen LogP contribution is 2.56. The number of furan rings is 1. The van der Waals surface area contributed by atoms with E-state index < -0.39 is 0 Å². The topological polar surface area (TPSA) is 21.3 Å². The molecule has 2 saturated carbocycles. The minimum atomic E-state index is -0.123. The van der Waals surface area contributed by atoms with E-state index in [0.717, 1.165) is 35.3 Å². The minimum absolute atomic E-state index is 0.0354. The predicted octanol–water partition coefficient (Wildman–Crippen LogP) is 16.0. The van der Waals surface area contributed by atoms with Gasteiger partial charge in [-0.25, -0.2) is 0 Å². The summed E-state index contributed by atoms with van der Waals surface area (Å²) in [5.74, 6) is 1.47. The van der Waals surface area contributed by atoms with E-state index in [-0.39, 0.29) is 17.7 Å². The molecular formula is C64H47BN2OS. The zero-order valence-electron chi connectivity index (χ0n) is 38.8. The van der Waals surface area contributed by atoms with Gasteiger partial charge in [-0.15, -0.1) is 11.3 Å². The monoisotopic (exact) mass is 902 g/mol. The summed E-state index contributed by atoms with van der Waals surface area (Å²) in [4.78, 5) is 2.73. The maximum atomic E-state index is 7.25. The van der Waals surface area contributed by atoms with Crippen molar-refractivity contribution in [3.8, 4) is 27.9 Å². The highest BCUT2D eigenvalue weighted by Gasteiger charge is 2.48. The van der Waals surface area contributed by atoms with Crippen molar-refractivity contribution in [3.63, 3.8) is 0 Å². The van der Waals surface area contributed by atoms with Gasteiger partial charge in [-0.1, -0.05) is 128 Å². The summed E-state index contributed by atoms with van der Waals surface area (Å²) in [6.45, 7) is 4.97. The highest BCUT2D eigenvalue weighted by atomic mass is 32.1. The van der Waals surface area contributed by atoms with E-state index in [1.807, 2.05) is 11.3 Å². The molecule has 0 N–H and O–H groups in total. The number of aromatic nitrogens is 1. The summed E-state index contributed by atoms with van der Waals surface area (Å²) in [5, 5.41) is 7.72. The van der Waals surface area contributed by atoms with Crippen LogP contribution in [0.4, 0.5) is 11.4 Å². The Morgan fingerprint density at radius 2 is 1.28 bits per heavy atom. The third-order valence-corrected chi connectivity index (χ3v) is 19.2. The van der Waals surface area contributed by atoms with Crippen molar-refractivity contribution in [2.75, 3.05) is 4.81 Å². The lowest BCUT2D eigenvalue weighted by molar-refractivity contribution is 0.407. The first-order valence-corrected chi connectivity index (χ1v) is 26.1. The van der Waals surface area contributed by atoms with E-state index in [0.29, 0.717) is 5.92 Å². The van der Waals surface area contributed by atoms with Gasteiger partial charge in [-0.3, -0.25) is 0 Å². The molecule has 3 nitrogen and oxygen atoms in total. The van der Waals surface area contributed by atoms with Crippen molar-refractivity contribution in [2.45, 2.75) is 63.2 Å². The van der Waals surface area contributed by atoms with Gasteiger partial charge >= 0.3 is 6.85 Å². The van der Waals surface area contributed by atoms with E-state index >= 15 is 0 Å². The Morgan fingerprint density at radius 1 is 0.580 bits per heavy atom. The molecular weight excluding hydrogens is 856 g/mol. The molecule has 2 aliphatic heterocycles. The summed E-state index contributed by atoms with van der Waals surface area (Å²) < 4.78 is 12.6. The van der Waals surface area contributed by atoms with Gasteiger partial charge in [0.2, 0.25) is 0 Å². The molecule has 69 heavy (non-hydrogen) atoms. The Bertz CT molecular complexity index is 4210. The van der Waals surface area contributed by atoms with Gasteiger partial charge in [-0.05, 0) is 161 Å². The summed E-state index contributed by atoms with van der Waals surface area (Å²) in [7, 11) is 0. The number of anilines is 2. The van der Waals surface area contributed by atoms with Crippen LogP contribution in [0.2, 0.25) is 0 Å². The fourth-order valence-electron chi connectivity index (χ4n) is 14.2. The van der Waals surface area contributed by atoms with Crippen molar-refractivity contribution in [3.05, 3.63) is 186 Å². The van der Waals surface area contributed by atoms with Crippen LogP contribution in [0.1, 0.15) is 63.5 Å². The van der Waals surface area contributed by atoms with Crippen molar-refractivity contribution < 1.29 is 4.42 Å². The zero-order chi connectivity index (χ0) is 45.1. The molecule has 0 spiro atoms. The standard InChI is InChI=1S/C64H47BN2OS/c1-63(24-22-38-26-40(38)34-63)42-18-21-54-47(28-42)51-29-43(64(2)25-23-39-27-41(39)35-64)30-53-60(51)66(54)61-59-50(32-52-45-12-6-8-14-56(45)68-62(52)61)48-31-49-46-13-7-9-15-57(46)69-58(49)33-55(48)67(65(53)59)44-19-16-37(17-20-44)36-10-4-3-5-11-36/h3-23,28-33,40-41H,24-27,34-35H2,1-2H3. The molecule has 0 radical (unpaired) electrons. The van der Waals surface area contributed by atoms with Crippen LogP contribution in [0, 0.1) is 11.8 Å². The van der Waals surface area contributed by atoms with Crippen LogP contribution in [0.3, 0.4) is 0 Å². The van der Waals surface area contributed by atoms with Crippen molar-refractivity contribution >= 4 is 104 Å². The minimum Gasteiger partial charge on any atom is -0.454 e. The van der Waals surface area contributed by atoms with E-state index in [1.165, 1.54) is 134 Å².